The number of aromatic nitrogens is 2. The summed E-state index contributed by atoms with van der Waals surface area (Å²) in [6.45, 7) is 3.93. The van der Waals surface area contributed by atoms with Gasteiger partial charge in [0.2, 0.25) is 23.5 Å². The monoisotopic (exact) mass is 453 g/mol. The third-order valence-electron chi connectivity index (χ3n) is 5.28. The predicted molar refractivity (Wildman–Crippen MR) is 125 cm³/mol. The summed E-state index contributed by atoms with van der Waals surface area (Å²) in [7, 11) is 0. The molecule has 32 heavy (non-hydrogen) atoms. The van der Waals surface area contributed by atoms with Crippen LogP contribution in [-0.2, 0) is 16.0 Å². The van der Waals surface area contributed by atoms with Gasteiger partial charge in [-0.3, -0.25) is 9.59 Å². The van der Waals surface area contributed by atoms with Crippen LogP contribution in [0.1, 0.15) is 38.5 Å². The second-order valence-corrected chi connectivity index (χ2v) is 8.90. The molecule has 1 aliphatic heterocycles. The number of amides is 2. The maximum absolute atomic E-state index is 12.4. The van der Waals surface area contributed by atoms with E-state index in [0.29, 0.717) is 18.1 Å². The smallest absolute Gasteiger partial charge is 0.227 e. The SMILES string of the molecule is CC(CC(=O)Nc1cccc(N2CCCC2)c1)NC(=O)CCc1nc(-c2cccs2)no1. The fourth-order valence-electron chi connectivity index (χ4n) is 3.73. The molecular formula is C23H27N5O3S. The number of nitrogens with one attached hydrogen (secondary N) is 2. The molecule has 0 saturated carbocycles. The van der Waals surface area contributed by atoms with Crippen molar-refractivity contribution in [3.05, 3.63) is 47.7 Å². The molecule has 2 amide bonds. The molecule has 1 atom stereocenters. The molecule has 1 aromatic carbocycles. The van der Waals surface area contributed by atoms with Crippen LogP contribution in [0.2, 0.25) is 0 Å². The van der Waals surface area contributed by atoms with Crippen molar-refractivity contribution in [1.82, 2.24) is 15.5 Å². The molecule has 0 bridgehead atoms. The van der Waals surface area contributed by atoms with Gasteiger partial charge in [-0.25, -0.2) is 0 Å². The van der Waals surface area contributed by atoms with E-state index in [1.54, 1.807) is 0 Å². The molecule has 1 saturated heterocycles. The fraction of sp³-hybridized carbons (Fsp3) is 0.391. The summed E-state index contributed by atoms with van der Waals surface area (Å²) in [5.41, 5.74) is 1.90. The molecule has 9 heteroatoms. The van der Waals surface area contributed by atoms with Gasteiger partial charge in [-0.1, -0.05) is 17.3 Å². The van der Waals surface area contributed by atoms with Gasteiger partial charge in [0.25, 0.3) is 0 Å². The summed E-state index contributed by atoms with van der Waals surface area (Å²) < 4.78 is 5.22. The summed E-state index contributed by atoms with van der Waals surface area (Å²) in [6, 6.07) is 11.5. The highest BCUT2D eigenvalue weighted by atomic mass is 32.1. The molecule has 168 valence electrons. The van der Waals surface area contributed by atoms with E-state index >= 15 is 0 Å². The van der Waals surface area contributed by atoms with Crippen molar-refractivity contribution in [2.75, 3.05) is 23.3 Å². The van der Waals surface area contributed by atoms with Crippen LogP contribution in [0, 0.1) is 0 Å². The van der Waals surface area contributed by atoms with Crippen LogP contribution in [0.25, 0.3) is 10.7 Å². The summed E-state index contributed by atoms with van der Waals surface area (Å²) in [5, 5.41) is 11.7. The van der Waals surface area contributed by atoms with E-state index in [1.807, 2.05) is 42.6 Å². The number of benzene rings is 1. The van der Waals surface area contributed by atoms with Crippen molar-refractivity contribution in [3.8, 4) is 10.7 Å². The van der Waals surface area contributed by atoms with Crippen molar-refractivity contribution in [2.45, 2.75) is 45.1 Å². The second-order valence-electron chi connectivity index (χ2n) is 7.95. The molecule has 3 aromatic rings. The Kier molecular flexibility index (Phi) is 7.16. The zero-order valence-electron chi connectivity index (χ0n) is 18.0. The Morgan fingerprint density at radius 3 is 2.81 bits per heavy atom. The number of hydrogen-bond acceptors (Lipinski definition) is 7. The zero-order chi connectivity index (χ0) is 22.3. The van der Waals surface area contributed by atoms with E-state index in [4.69, 9.17) is 4.52 Å². The van der Waals surface area contributed by atoms with Crippen LogP contribution in [0.4, 0.5) is 11.4 Å². The van der Waals surface area contributed by atoms with Crippen molar-refractivity contribution >= 4 is 34.5 Å². The van der Waals surface area contributed by atoms with Crippen molar-refractivity contribution in [3.63, 3.8) is 0 Å². The first kappa shape index (κ1) is 22.0. The highest BCUT2D eigenvalue weighted by Crippen LogP contribution is 2.24. The minimum Gasteiger partial charge on any atom is -0.371 e. The van der Waals surface area contributed by atoms with Crippen molar-refractivity contribution in [2.24, 2.45) is 0 Å². The molecular weight excluding hydrogens is 426 g/mol. The Balaban J connectivity index is 1.20. The van der Waals surface area contributed by atoms with E-state index in [9.17, 15) is 9.59 Å². The second kappa shape index (κ2) is 10.4. The van der Waals surface area contributed by atoms with E-state index in [-0.39, 0.29) is 30.7 Å². The largest absolute Gasteiger partial charge is 0.371 e. The topological polar surface area (TPSA) is 100 Å². The molecule has 4 rings (SSSR count). The van der Waals surface area contributed by atoms with Crippen molar-refractivity contribution in [1.29, 1.82) is 0 Å². The lowest BCUT2D eigenvalue weighted by Crippen LogP contribution is -2.35. The third-order valence-corrected chi connectivity index (χ3v) is 6.14. The Morgan fingerprint density at radius 1 is 1.19 bits per heavy atom. The quantitative estimate of drug-likeness (QED) is 0.510. The number of thiophene rings is 1. The minimum absolute atomic E-state index is 0.131. The number of carbonyl (C=O) groups is 2. The van der Waals surface area contributed by atoms with Crippen molar-refractivity contribution < 1.29 is 14.1 Å². The molecule has 1 aliphatic rings. The number of carbonyl (C=O) groups excluding carboxylic acids is 2. The lowest BCUT2D eigenvalue weighted by Gasteiger charge is -2.19. The average molecular weight is 454 g/mol. The van der Waals surface area contributed by atoms with Crippen LogP contribution in [0.3, 0.4) is 0 Å². The van der Waals surface area contributed by atoms with Gasteiger partial charge in [-0.2, -0.15) is 4.98 Å². The van der Waals surface area contributed by atoms with E-state index in [2.05, 4.69) is 31.7 Å². The van der Waals surface area contributed by atoms with Gasteiger partial charge in [-0.05, 0) is 49.4 Å². The van der Waals surface area contributed by atoms with Gasteiger partial charge in [0.1, 0.15) is 0 Å². The van der Waals surface area contributed by atoms with Gasteiger partial charge in [0, 0.05) is 49.8 Å². The fourth-order valence-corrected chi connectivity index (χ4v) is 4.38. The number of aryl methyl sites for hydroxylation is 1. The molecule has 0 aliphatic carbocycles. The molecule has 0 spiro atoms. The van der Waals surface area contributed by atoms with E-state index < -0.39 is 0 Å². The highest BCUT2D eigenvalue weighted by Gasteiger charge is 2.16. The first-order valence-corrected chi connectivity index (χ1v) is 11.8. The lowest BCUT2D eigenvalue weighted by molar-refractivity contribution is -0.122. The van der Waals surface area contributed by atoms with E-state index in [1.165, 1.54) is 24.2 Å². The maximum atomic E-state index is 12.4. The number of rotatable bonds is 9. The normalized spacial score (nSPS) is 14.3. The van der Waals surface area contributed by atoms with Gasteiger partial charge in [0.15, 0.2) is 0 Å². The van der Waals surface area contributed by atoms with Crippen LogP contribution < -0.4 is 15.5 Å². The van der Waals surface area contributed by atoms with Gasteiger partial charge in [-0.15, -0.1) is 11.3 Å². The molecule has 3 heterocycles. The number of nitrogens with zero attached hydrogens (tertiary/aromatic N) is 3. The summed E-state index contributed by atoms with van der Waals surface area (Å²) in [4.78, 5) is 32.3. The summed E-state index contributed by atoms with van der Waals surface area (Å²) >= 11 is 1.53. The lowest BCUT2D eigenvalue weighted by atomic mass is 10.2. The Hall–Kier alpha value is -3.20. The molecule has 2 N–H and O–H groups in total. The first-order valence-electron chi connectivity index (χ1n) is 10.9. The molecule has 2 aromatic heterocycles. The molecule has 1 fully saturated rings. The standard InChI is InChI=1S/C23H27N5O3S/c1-16(14-21(30)25-17-6-4-7-18(15-17)28-11-2-3-12-28)24-20(29)9-10-22-26-23(27-31-22)19-8-5-13-32-19/h4-8,13,15-16H,2-3,9-12,14H2,1H3,(H,24,29)(H,25,30). The third kappa shape index (κ3) is 5.94. The molecule has 0 radical (unpaired) electrons. The van der Waals surface area contributed by atoms with Crippen LogP contribution in [-0.4, -0.2) is 41.1 Å². The number of hydrogen-bond donors (Lipinski definition) is 2. The van der Waals surface area contributed by atoms with Crippen LogP contribution in [0.15, 0.2) is 46.3 Å². The van der Waals surface area contributed by atoms with E-state index in [0.717, 1.165) is 29.3 Å². The Morgan fingerprint density at radius 2 is 2.03 bits per heavy atom. The average Bonchev–Trinajstić information content (AvgIpc) is 3.55. The highest BCUT2D eigenvalue weighted by molar-refractivity contribution is 7.13. The summed E-state index contributed by atoms with van der Waals surface area (Å²) in [6.07, 6.45) is 3.18. The molecule has 1 unspecified atom stereocenters. The van der Waals surface area contributed by atoms with Crippen LogP contribution in [0.5, 0.6) is 0 Å². The predicted octanol–water partition coefficient (Wildman–Crippen LogP) is 3.86. The van der Waals surface area contributed by atoms with Gasteiger partial charge >= 0.3 is 0 Å². The van der Waals surface area contributed by atoms with Gasteiger partial charge in [0.05, 0.1) is 4.88 Å². The van der Waals surface area contributed by atoms with Gasteiger partial charge < -0.3 is 20.1 Å². The maximum Gasteiger partial charge on any atom is 0.227 e. The zero-order valence-corrected chi connectivity index (χ0v) is 18.9. The summed E-state index contributed by atoms with van der Waals surface area (Å²) in [5.74, 6) is 0.673. The van der Waals surface area contributed by atoms with Crippen LogP contribution >= 0.6 is 11.3 Å². The number of anilines is 2. The Bertz CT molecular complexity index is 1040. The molecule has 8 nitrogen and oxygen atoms in total. The minimum atomic E-state index is -0.284. The first-order chi connectivity index (χ1) is 15.6. The Labute approximate surface area is 191 Å².